The van der Waals surface area contributed by atoms with E-state index < -0.39 is 0 Å². The molecule has 2 N–H and O–H groups in total. The Balaban J connectivity index is 2.64. The molecular weight excluding hydrogens is 192 g/mol. The van der Waals surface area contributed by atoms with Gasteiger partial charge in [0.15, 0.2) is 5.69 Å². The Hall–Kier alpha value is -2.09. The molecule has 0 radical (unpaired) electrons. The molecule has 0 aliphatic heterocycles. The second kappa shape index (κ2) is 5.60. The Morgan fingerprint density at radius 1 is 1.53 bits per heavy atom. The Labute approximate surface area is 88.3 Å². The van der Waals surface area contributed by atoms with Gasteiger partial charge in [-0.3, -0.25) is 4.79 Å². The summed E-state index contributed by atoms with van der Waals surface area (Å²) in [7, 11) is 0. The average molecular weight is 204 g/mol. The molecule has 1 aromatic heterocycles. The van der Waals surface area contributed by atoms with Crippen molar-refractivity contribution in [1.82, 2.24) is 15.5 Å². The molecule has 15 heavy (non-hydrogen) atoms. The lowest BCUT2D eigenvalue weighted by Crippen LogP contribution is -2.24. The third-order valence-corrected chi connectivity index (χ3v) is 1.61. The van der Waals surface area contributed by atoms with Gasteiger partial charge in [0.05, 0.1) is 6.54 Å². The number of aromatic nitrogens is 2. The van der Waals surface area contributed by atoms with Crippen LogP contribution in [0.3, 0.4) is 0 Å². The normalized spacial score (nSPS) is 9.07. The topological polar surface area (TPSA) is 66.9 Å². The molecule has 0 aliphatic rings. The second-order valence-corrected chi connectivity index (χ2v) is 2.72. The number of carbonyl (C=O) groups excluding carboxylic acids is 1. The lowest BCUT2D eigenvalue weighted by atomic mass is 10.3. The SMILES string of the molecule is C#CCNc1ccc(C(=O)NCC)nn1. The van der Waals surface area contributed by atoms with Crippen LogP contribution in [0.25, 0.3) is 0 Å². The molecule has 0 spiro atoms. The summed E-state index contributed by atoms with van der Waals surface area (Å²) in [6.07, 6.45) is 5.07. The highest BCUT2D eigenvalue weighted by atomic mass is 16.1. The van der Waals surface area contributed by atoms with E-state index >= 15 is 0 Å². The van der Waals surface area contributed by atoms with Crippen LogP contribution < -0.4 is 10.6 Å². The fraction of sp³-hybridized carbons (Fsp3) is 0.300. The van der Waals surface area contributed by atoms with Crippen LogP contribution in [0, 0.1) is 12.3 Å². The van der Waals surface area contributed by atoms with Crippen molar-refractivity contribution in [2.45, 2.75) is 6.92 Å². The van der Waals surface area contributed by atoms with Crippen molar-refractivity contribution in [2.24, 2.45) is 0 Å². The maximum absolute atomic E-state index is 11.3. The van der Waals surface area contributed by atoms with Gasteiger partial charge in [-0.15, -0.1) is 16.6 Å². The molecule has 1 aromatic rings. The second-order valence-electron chi connectivity index (χ2n) is 2.72. The number of anilines is 1. The first kappa shape index (κ1) is 11.0. The van der Waals surface area contributed by atoms with Crippen LogP contribution in [0.15, 0.2) is 12.1 Å². The number of rotatable bonds is 4. The van der Waals surface area contributed by atoms with E-state index in [1.165, 1.54) is 0 Å². The summed E-state index contributed by atoms with van der Waals surface area (Å²) >= 11 is 0. The van der Waals surface area contributed by atoms with Gasteiger partial charge < -0.3 is 10.6 Å². The molecule has 78 valence electrons. The summed E-state index contributed by atoms with van der Waals surface area (Å²) in [5.41, 5.74) is 0.295. The van der Waals surface area contributed by atoms with E-state index in [1.54, 1.807) is 12.1 Å². The van der Waals surface area contributed by atoms with E-state index in [0.29, 0.717) is 24.6 Å². The molecule has 0 atom stereocenters. The van der Waals surface area contributed by atoms with Crippen LogP contribution in [-0.4, -0.2) is 29.2 Å². The summed E-state index contributed by atoms with van der Waals surface area (Å²) < 4.78 is 0. The minimum absolute atomic E-state index is 0.228. The zero-order valence-electron chi connectivity index (χ0n) is 8.45. The van der Waals surface area contributed by atoms with E-state index in [2.05, 4.69) is 26.8 Å². The first-order chi connectivity index (χ1) is 7.27. The van der Waals surface area contributed by atoms with Gasteiger partial charge in [0.25, 0.3) is 5.91 Å². The largest absolute Gasteiger partial charge is 0.358 e. The van der Waals surface area contributed by atoms with Crippen molar-refractivity contribution in [3.05, 3.63) is 17.8 Å². The van der Waals surface area contributed by atoms with Crippen LogP contribution in [0.5, 0.6) is 0 Å². The van der Waals surface area contributed by atoms with E-state index in [9.17, 15) is 4.79 Å². The molecule has 0 aromatic carbocycles. The third-order valence-electron chi connectivity index (χ3n) is 1.61. The molecule has 1 rings (SSSR count). The molecule has 0 saturated carbocycles. The third kappa shape index (κ3) is 3.27. The first-order valence-electron chi connectivity index (χ1n) is 4.57. The van der Waals surface area contributed by atoms with Gasteiger partial charge in [-0.2, -0.15) is 0 Å². The lowest BCUT2D eigenvalue weighted by Gasteiger charge is -2.02. The number of carbonyl (C=O) groups is 1. The maximum atomic E-state index is 11.3. The molecule has 0 fully saturated rings. The van der Waals surface area contributed by atoms with E-state index in [0.717, 1.165) is 0 Å². The molecular formula is C10H12N4O. The number of hydrogen-bond donors (Lipinski definition) is 2. The molecule has 0 unspecified atom stereocenters. The van der Waals surface area contributed by atoms with Crippen molar-refractivity contribution >= 4 is 11.7 Å². The zero-order valence-corrected chi connectivity index (χ0v) is 8.45. The summed E-state index contributed by atoms with van der Waals surface area (Å²) in [6, 6.07) is 3.26. The molecule has 5 heteroatoms. The minimum Gasteiger partial charge on any atom is -0.358 e. The van der Waals surface area contributed by atoms with Crippen molar-refractivity contribution in [2.75, 3.05) is 18.4 Å². The van der Waals surface area contributed by atoms with E-state index in [1.807, 2.05) is 6.92 Å². The minimum atomic E-state index is -0.228. The Kier molecular flexibility index (Phi) is 4.10. The van der Waals surface area contributed by atoms with Crippen molar-refractivity contribution < 1.29 is 4.79 Å². The molecule has 5 nitrogen and oxygen atoms in total. The molecule has 1 heterocycles. The Bertz CT molecular complexity index is 366. The summed E-state index contributed by atoms with van der Waals surface area (Å²) in [5.74, 6) is 2.74. The smallest absolute Gasteiger partial charge is 0.271 e. The van der Waals surface area contributed by atoms with Gasteiger partial charge in [-0.1, -0.05) is 5.92 Å². The van der Waals surface area contributed by atoms with Crippen molar-refractivity contribution in [1.29, 1.82) is 0 Å². The predicted molar refractivity (Wildman–Crippen MR) is 57.4 cm³/mol. The average Bonchev–Trinajstić information content (AvgIpc) is 2.27. The first-order valence-corrected chi connectivity index (χ1v) is 4.57. The number of nitrogens with zero attached hydrogens (tertiary/aromatic N) is 2. The predicted octanol–water partition coefficient (Wildman–Crippen LogP) is 0.271. The van der Waals surface area contributed by atoms with Gasteiger partial charge in [-0.25, -0.2) is 0 Å². The van der Waals surface area contributed by atoms with E-state index in [4.69, 9.17) is 6.42 Å². The highest BCUT2D eigenvalue weighted by molar-refractivity contribution is 5.92. The fourth-order valence-corrected chi connectivity index (χ4v) is 0.940. The van der Waals surface area contributed by atoms with E-state index in [-0.39, 0.29) is 5.91 Å². The van der Waals surface area contributed by atoms with Gasteiger partial charge in [0, 0.05) is 6.54 Å². The summed E-state index contributed by atoms with van der Waals surface area (Å²) in [6.45, 7) is 2.79. The fourth-order valence-electron chi connectivity index (χ4n) is 0.940. The molecule has 1 amide bonds. The summed E-state index contributed by atoms with van der Waals surface area (Å²) in [4.78, 5) is 11.3. The van der Waals surface area contributed by atoms with Gasteiger partial charge in [0.2, 0.25) is 0 Å². The number of amides is 1. The van der Waals surface area contributed by atoms with Crippen LogP contribution >= 0.6 is 0 Å². The monoisotopic (exact) mass is 204 g/mol. The van der Waals surface area contributed by atoms with Crippen LogP contribution in [0.1, 0.15) is 17.4 Å². The number of hydrogen-bond acceptors (Lipinski definition) is 4. The highest BCUT2D eigenvalue weighted by Gasteiger charge is 2.05. The highest BCUT2D eigenvalue weighted by Crippen LogP contribution is 2.00. The summed E-state index contributed by atoms with van der Waals surface area (Å²) in [5, 5.41) is 13.0. The molecule has 0 bridgehead atoms. The van der Waals surface area contributed by atoms with Crippen LogP contribution in [-0.2, 0) is 0 Å². The Morgan fingerprint density at radius 2 is 2.33 bits per heavy atom. The molecule has 0 aliphatic carbocycles. The molecule has 0 saturated heterocycles. The van der Waals surface area contributed by atoms with Gasteiger partial charge >= 0.3 is 0 Å². The van der Waals surface area contributed by atoms with Gasteiger partial charge in [-0.05, 0) is 19.1 Å². The van der Waals surface area contributed by atoms with Crippen LogP contribution in [0.4, 0.5) is 5.82 Å². The lowest BCUT2D eigenvalue weighted by molar-refractivity contribution is 0.0950. The van der Waals surface area contributed by atoms with Crippen molar-refractivity contribution in [3.63, 3.8) is 0 Å². The number of nitrogens with one attached hydrogen (secondary N) is 2. The Morgan fingerprint density at radius 3 is 2.87 bits per heavy atom. The standard InChI is InChI=1S/C10H12N4O/c1-3-7-12-9-6-5-8(13-14-9)10(15)11-4-2/h1,5-6H,4,7H2,2H3,(H,11,15)(H,12,14). The maximum Gasteiger partial charge on any atom is 0.271 e. The number of terminal acetylenes is 1. The quantitative estimate of drug-likeness (QED) is 0.691. The van der Waals surface area contributed by atoms with Gasteiger partial charge in [0.1, 0.15) is 5.82 Å². The van der Waals surface area contributed by atoms with Crippen LogP contribution in [0.2, 0.25) is 0 Å². The van der Waals surface area contributed by atoms with Crippen molar-refractivity contribution in [3.8, 4) is 12.3 Å². The zero-order chi connectivity index (χ0) is 11.1.